The van der Waals surface area contributed by atoms with Crippen molar-refractivity contribution in [2.45, 2.75) is 13.0 Å². The summed E-state index contributed by atoms with van der Waals surface area (Å²) in [4.78, 5) is 30.8. The molecule has 158 valence electrons. The van der Waals surface area contributed by atoms with Crippen molar-refractivity contribution in [3.63, 3.8) is 0 Å². The number of hydrazone groups is 1. The summed E-state index contributed by atoms with van der Waals surface area (Å²) < 4.78 is 1.42. The smallest absolute Gasteiger partial charge is 0.263 e. The van der Waals surface area contributed by atoms with E-state index in [0.29, 0.717) is 16.7 Å². The minimum atomic E-state index is -0.815. The topological polar surface area (TPSA) is 76.3 Å². The summed E-state index contributed by atoms with van der Waals surface area (Å²) >= 11 is 0. The Morgan fingerprint density at radius 3 is 2.38 bits per heavy atom. The van der Waals surface area contributed by atoms with E-state index in [2.05, 4.69) is 15.5 Å². The number of nitrogens with one attached hydrogen (secondary N) is 1. The summed E-state index contributed by atoms with van der Waals surface area (Å²) in [5.41, 5.74) is 4.61. The first-order valence-electron chi connectivity index (χ1n) is 10.3. The number of amides is 1. The molecule has 0 aliphatic carbocycles. The summed E-state index contributed by atoms with van der Waals surface area (Å²) in [7, 11) is 0. The number of fused-ring (bicyclic) bond motifs is 1. The van der Waals surface area contributed by atoms with Gasteiger partial charge in [-0.25, -0.2) is 10.4 Å². The van der Waals surface area contributed by atoms with Crippen LogP contribution in [0.4, 0.5) is 0 Å². The Balaban J connectivity index is 1.62. The SMILES string of the molecule is C[C@@H](C(=O)N/N=C/C=C/c1ccccc1)n1c(-c2ccccc2)nc2ccccc2c1=O. The van der Waals surface area contributed by atoms with E-state index >= 15 is 0 Å². The molecule has 0 bridgehead atoms. The van der Waals surface area contributed by atoms with Crippen LogP contribution in [0.5, 0.6) is 0 Å². The molecule has 0 saturated carbocycles. The van der Waals surface area contributed by atoms with Gasteiger partial charge in [-0.3, -0.25) is 14.2 Å². The molecule has 32 heavy (non-hydrogen) atoms. The standard InChI is InChI=1S/C26H22N4O2/c1-19(25(31)29-27-18-10-13-20-11-4-2-5-12-20)30-24(21-14-6-3-7-15-21)28-23-17-9-8-16-22(23)26(30)32/h2-19H,1H3,(H,29,31)/b13-10+,27-18+/t19-/m0/s1. The maximum absolute atomic E-state index is 13.3. The molecule has 1 atom stereocenters. The van der Waals surface area contributed by atoms with E-state index in [1.165, 1.54) is 10.8 Å². The third-order valence-corrected chi connectivity index (χ3v) is 5.03. The fourth-order valence-corrected chi connectivity index (χ4v) is 3.37. The minimum absolute atomic E-state index is 0.273. The lowest BCUT2D eigenvalue weighted by molar-refractivity contribution is -0.123. The largest absolute Gasteiger partial charge is 0.280 e. The fraction of sp³-hybridized carbons (Fsp3) is 0.0769. The van der Waals surface area contributed by atoms with E-state index in [9.17, 15) is 9.59 Å². The first-order valence-corrected chi connectivity index (χ1v) is 10.3. The monoisotopic (exact) mass is 422 g/mol. The van der Waals surface area contributed by atoms with Crippen molar-refractivity contribution in [1.82, 2.24) is 15.0 Å². The summed E-state index contributed by atoms with van der Waals surface area (Å²) in [6, 6.07) is 25.4. The first kappa shape index (κ1) is 20.9. The van der Waals surface area contributed by atoms with Crippen LogP contribution in [0.3, 0.4) is 0 Å². The van der Waals surface area contributed by atoms with Crippen LogP contribution in [0.1, 0.15) is 18.5 Å². The molecule has 0 unspecified atom stereocenters. The van der Waals surface area contributed by atoms with Gasteiger partial charge in [-0.05, 0) is 30.7 Å². The number of carbonyl (C=O) groups is 1. The second kappa shape index (κ2) is 9.66. The molecule has 3 aromatic carbocycles. The van der Waals surface area contributed by atoms with Crippen molar-refractivity contribution in [2.75, 3.05) is 0 Å². The van der Waals surface area contributed by atoms with Gasteiger partial charge in [0.2, 0.25) is 0 Å². The van der Waals surface area contributed by atoms with E-state index in [1.54, 1.807) is 31.2 Å². The molecule has 6 nitrogen and oxygen atoms in total. The average Bonchev–Trinajstić information content (AvgIpc) is 2.84. The maximum atomic E-state index is 13.3. The molecule has 0 aliphatic heterocycles. The molecule has 1 aromatic heterocycles. The van der Waals surface area contributed by atoms with Crippen molar-refractivity contribution < 1.29 is 4.79 Å². The zero-order chi connectivity index (χ0) is 22.3. The molecule has 4 rings (SSSR count). The molecular formula is C26H22N4O2. The molecule has 0 saturated heterocycles. The van der Waals surface area contributed by atoms with Crippen molar-refractivity contribution in [2.24, 2.45) is 5.10 Å². The van der Waals surface area contributed by atoms with Crippen molar-refractivity contribution in [3.8, 4) is 11.4 Å². The molecule has 0 radical (unpaired) electrons. The van der Waals surface area contributed by atoms with Gasteiger partial charge < -0.3 is 0 Å². The summed E-state index contributed by atoms with van der Waals surface area (Å²) in [6.07, 6.45) is 5.11. The average molecular weight is 422 g/mol. The highest BCUT2D eigenvalue weighted by Crippen LogP contribution is 2.21. The van der Waals surface area contributed by atoms with E-state index in [4.69, 9.17) is 0 Å². The zero-order valence-electron chi connectivity index (χ0n) is 17.6. The Kier molecular flexibility index (Phi) is 6.32. The third kappa shape index (κ3) is 4.54. The van der Waals surface area contributed by atoms with Crippen LogP contribution in [0, 0.1) is 0 Å². The number of carbonyl (C=O) groups excluding carboxylic acids is 1. The highest BCUT2D eigenvalue weighted by Gasteiger charge is 2.22. The van der Waals surface area contributed by atoms with Gasteiger partial charge in [0.15, 0.2) is 0 Å². The predicted molar refractivity (Wildman–Crippen MR) is 128 cm³/mol. The molecule has 4 aromatic rings. The second-order valence-corrected chi connectivity index (χ2v) is 7.19. The van der Waals surface area contributed by atoms with Gasteiger partial charge in [0.1, 0.15) is 11.9 Å². The van der Waals surface area contributed by atoms with Crippen molar-refractivity contribution >= 4 is 29.1 Å². The molecule has 1 heterocycles. The van der Waals surface area contributed by atoms with Crippen LogP contribution < -0.4 is 11.0 Å². The van der Waals surface area contributed by atoms with E-state index in [0.717, 1.165) is 11.1 Å². The number of hydrogen-bond acceptors (Lipinski definition) is 4. The summed E-state index contributed by atoms with van der Waals surface area (Å²) in [6.45, 7) is 1.66. The van der Waals surface area contributed by atoms with Crippen LogP contribution >= 0.6 is 0 Å². The third-order valence-electron chi connectivity index (χ3n) is 5.03. The lowest BCUT2D eigenvalue weighted by Crippen LogP contribution is -2.35. The van der Waals surface area contributed by atoms with E-state index in [-0.39, 0.29) is 5.56 Å². The van der Waals surface area contributed by atoms with Gasteiger partial charge >= 0.3 is 0 Å². The van der Waals surface area contributed by atoms with Gasteiger partial charge in [-0.2, -0.15) is 5.10 Å². The molecule has 1 amide bonds. The van der Waals surface area contributed by atoms with Crippen LogP contribution in [-0.2, 0) is 4.79 Å². The Morgan fingerprint density at radius 1 is 0.969 bits per heavy atom. The number of aromatic nitrogens is 2. The van der Waals surface area contributed by atoms with E-state index < -0.39 is 11.9 Å². The van der Waals surface area contributed by atoms with Crippen molar-refractivity contribution in [1.29, 1.82) is 0 Å². The number of hydrogen-bond donors (Lipinski definition) is 1. The van der Waals surface area contributed by atoms with Crippen LogP contribution in [-0.4, -0.2) is 21.7 Å². The Labute approximate surface area is 185 Å². The number of nitrogens with zero attached hydrogens (tertiary/aromatic N) is 3. The molecule has 0 fully saturated rings. The molecule has 0 spiro atoms. The molecule has 6 heteroatoms. The lowest BCUT2D eigenvalue weighted by atomic mass is 10.1. The molecule has 0 aliphatic rings. The highest BCUT2D eigenvalue weighted by molar-refractivity contribution is 5.85. The van der Waals surface area contributed by atoms with Gasteiger partial charge in [0.05, 0.1) is 10.9 Å². The molecule has 1 N–H and O–H groups in total. The number of benzene rings is 3. The Hall–Kier alpha value is -4.32. The summed E-state index contributed by atoms with van der Waals surface area (Å²) in [5.74, 6) is 0.0237. The number of para-hydroxylation sites is 1. The minimum Gasteiger partial charge on any atom is -0.280 e. The van der Waals surface area contributed by atoms with Crippen molar-refractivity contribution in [3.05, 3.63) is 107 Å². The number of allylic oxidation sites excluding steroid dienone is 1. The van der Waals surface area contributed by atoms with Crippen LogP contribution in [0.15, 0.2) is 101 Å². The summed E-state index contributed by atoms with van der Waals surface area (Å²) in [5, 5.41) is 4.44. The maximum Gasteiger partial charge on any atom is 0.263 e. The first-order chi connectivity index (χ1) is 15.6. The van der Waals surface area contributed by atoms with Gasteiger partial charge in [-0.1, -0.05) is 78.9 Å². The van der Waals surface area contributed by atoms with Gasteiger partial charge in [0, 0.05) is 11.8 Å². The van der Waals surface area contributed by atoms with E-state index in [1.807, 2.05) is 72.8 Å². The normalized spacial score (nSPS) is 12.4. The van der Waals surface area contributed by atoms with Crippen LogP contribution in [0.2, 0.25) is 0 Å². The fourth-order valence-electron chi connectivity index (χ4n) is 3.37. The Bertz CT molecular complexity index is 1340. The van der Waals surface area contributed by atoms with Crippen LogP contribution in [0.25, 0.3) is 28.4 Å². The zero-order valence-corrected chi connectivity index (χ0v) is 17.6. The second-order valence-electron chi connectivity index (χ2n) is 7.19. The van der Waals surface area contributed by atoms with Gasteiger partial charge in [-0.15, -0.1) is 0 Å². The lowest BCUT2D eigenvalue weighted by Gasteiger charge is -2.18. The predicted octanol–water partition coefficient (Wildman–Crippen LogP) is 4.44. The molecular weight excluding hydrogens is 400 g/mol. The number of rotatable bonds is 6. The Morgan fingerprint density at radius 2 is 1.62 bits per heavy atom. The van der Waals surface area contributed by atoms with Gasteiger partial charge in [0.25, 0.3) is 11.5 Å². The highest BCUT2D eigenvalue weighted by atomic mass is 16.2. The quantitative estimate of drug-likeness (QED) is 0.369.